The van der Waals surface area contributed by atoms with Crippen LogP contribution in [0.1, 0.15) is 36.7 Å². The van der Waals surface area contributed by atoms with Gasteiger partial charge in [0.2, 0.25) is 0 Å². The Morgan fingerprint density at radius 2 is 1.78 bits per heavy atom. The smallest absolute Gasteiger partial charge is 0.333 e. The van der Waals surface area contributed by atoms with Crippen molar-refractivity contribution in [1.29, 1.82) is 0 Å². The van der Waals surface area contributed by atoms with Gasteiger partial charge in [-0.2, -0.15) is 0 Å². The van der Waals surface area contributed by atoms with E-state index >= 15 is 0 Å². The number of sulfonamides is 1. The Morgan fingerprint density at radius 3 is 2.46 bits per heavy atom. The molecule has 5 rings (SSSR count). The Bertz CT molecular complexity index is 1930. The first kappa shape index (κ1) is 28.2. The number of anilines is 1. The molecule has 3 heterocycles. The molecular formula is C28H26ClFN6O4S. The van der Waals surface area contributed by atoms with E-state index in [1.54, 1.807) is 36.4 Å². The van der Waals surface area contributed by atoms with E-state index < -0.39 is 27.1 Å². The average molecular weight is 597 g/mol. The number of aromatic nitrogens is 5. The topological polar surface area (TPSA) is 132 Å². The Labute approximate surface area is 239 Å². The van der Waals surface area contributed by atoms with Crippen molar-refractivity contribution in [3.8, 4) is 0 Å². The highest BCUT2D eigenvalue weighted by Crippen LogP contribution is 2.19. The van der Waals surface area contributed by atoms with Crippen LogP contribution in [0.15, 0.2) is 81.3 Å². The molecule has 0 amide bonds. The van der Waals surface area contributed by atoms with Crippen molar-refractivity contribution >= 4 is 38.5 Å². The lowest BCUT2D eigenvalue weighted by Gasteiger charge is -2.11. The third-order valence-electron chi connectivity index (χ3n) is 6.52. The highest BCUT2D eigenvalue weighted by Gasteiger charge is 2.19. The fourth-order valence-electron chi connectivity index (χ4n) is 4.37. The normalized spacial score (nSPS) is 11.7. The van der Waals surface area contributed by atoms with Crippen LogP contribution in [0, 0.1) is 5.82 Å². The van der Waals surface area contributed by atoms with Crippen molar-refractivity contribution in [2.75, 3.05) is 4.72 Å². The first-order valence-corrected chi connectivity index (χ1v) is 14.7. The molecule has 41 heavy (non-hydrogen) atoms. The van der Waals surface area contributed by atoms with E-state index in [4.69, 9.17) is 11.6 Å². The van der Waals surface area contributed by atoms with Gasteiger partial charge in [0.25, 0.3) is 15.6 Å². The van der Waals surface area contributed by atoms with E-state index in [-0.39, 0.29) is 39.7 Å². The van der Waals surface area contributed by atoms with Crippen LogP contribution in [-0.2, 0) is 29.5 Å². The van der Waals surface area contributed by atoms with Gasteiger partial charge in [-0.15, -0.1) is 0 Å². The summed E-state index contributed by atoms with van der Waals surface area (Å²) in [4.78, 5) is 38.1. The van der Waals surface area contributed by atoms with Crippen molar-refractivity contribution in [2.45, 2.75) is 44.2 Å². The van der Waals surface area contributed by atoms with Crippen molar-refractivity contribution < 1.29 is 12.8 Å². The number of nitrogens with zero attached hydrogens (tertiary/aromatic N) is 4. The zero-order chi connectivity index (χ0) is 29.1. The molecule has 10 nitrogen and oxygen atoms in total. The van der Waals surface area contributed by atoms with Gasteiger partial charge in [-0.3, -0.25) is 18.7 Å². The van der Waals surface area contributed by atoms with Gasteiger partial charge in [0.1, 0.15) is 27.2 Å². The number of benzene rings is 2. The number of hydrogen-bond donors (Lipinski definition) is 2. The van der Waals surface area contributed by atoms with Crippen molar-refractivity contribution in [3.63, 3.8) is 0 Å². The van der Waals surface area contributed by atoms with Crippen LogP contribution in [0.4, 0.5) is 10.1 Å². The number of rotatable bonds is 10. The van der Waals surface area contributed by atoms with Crippen molar-refractivity contribution in [2.24, 2.45) is 0 Å². The number of aryl methyl sites for hydroxylation is 1. The van der Waals surface area contributed by atoms with Crippen LogP contribution in [0.2, 0.25) is 5.15 Å². The van der Waals surface area contributed by atoms with E-state index in [0.717, 1.165) is 16.6 Å². The Hall–Kier alpha value is -4.29. The molecule has 212 valence electrons. The number of aromatic amines is 1. The van der Waals surface area contributed by atoms with E-state index in [0.29, 0.717) is 24.5 Å². The summed E-state index contributed by atoms with van der Waals surface area (Å²) in [7, 11) is -3.85. The Balaban J connectivity index is 1.43. The second-order valence-electron chi connectivity index (χ2n) is 9.45. The number of nitrogens with one attached hydrogen (secondary N) is 2. The maximum absolute atomic E-state index is 14.3. The van der Waals surface area contributed by atoms with E-state index in [1.165, 1.54) is 35.0 Å². The van der Waals surface area contributed by atoms with Gasteiger partial charge in [0, 0.05) is 30.4 Å². The molecule has 3 aromatic heterocycles. The molecule has 0 bridgehead atoms. The molecule has 0 aliphatic heterocycles. The fourth-order valence-corrected chi connectivity index (χ4v) is 5.49. The zero-order valence-corrected chi connectivity index (χ0v) is 23.5. The summed E-state index contributed by atoms with van der Waals surface area (Å²) in [5.74, 6) is -0.0502. The Kier molecular flexibility index (Phi) is 8.04. The van der Waals surface area contributed by atoms with E-state index in [1.807, 2.05) is 6.92 Å². The van der Waals surface area contributed by atoms with Gasteiger partial charge in [-0.25, -0.2) is 27.6 Å². The summed E-state index contributed by atoms with van der Waals surface area (Å²) in [6.07, 6.45) is 2.98. The third kappa shape index (κ3) is 6.08. The largest absolute Gasteiger partial charge is 0.336 e. The number of imidazole rings is 1. The molecule has 5 aromatic rings. The van der Waals surface area contributed by atoms with Gasteiger partial charge in [-0.05, 0) is 42.3 Å². The summed E-state index contributed by atoms with van der Waals surface area (Å²) in [6, 6.07) is 15.4. The summed E-state index contributed by atoms with van der Waals surface area (Å²) in [5.41, 5.74) is 0.635. The number of halogens is 2. The summed E-state index contributed by atoms with van der Waals surface area (Å²) >= 11 is 5.74. The molecule has 0 saturated carbocycles. The van der Waals surface area contributed by atoms with Gasteiger partial charge >= 0.3 is 5.69 Å². The summed E-state index contributed by atoms with van der Waals surface area (Å²) in [6.45, 7) is 2.14. The molecule has 0 atom stereocenters. The lowest BCUT2D eigenvalue weighted by molar-refractivity contribution is 0.553. The van der Waals surface area contributed by atoms with Crippen LogP contribution in [-0.4, -0.2) is 32.5 Å². The van der Waals surface area contributed by atoms with Crippen LogP contribution in [0.5, 0.6) is 0 Å². The number of H-pyrrole nitrogens is 1. The molecule has 0 radical (unpaired) electrons. The second-order valence-corrected chi connectivity index (χ2v) is 11.5. The highest BCUT2D eigenvalue weighted by molar-refractivity contribution is 7.92. The fraction of sp³-hybridized carbons (Fsp3) is 0.214. The first-order valence-electron chi connectivity index (χ1n) is 12.8. The molecule has 0 aliphatic carbocycles. The quantitative estimate of drug-likeness (QED) is 0.231. The van der Waals surface area contributed by atoms with E-state index in [2.05, 4.69) is 19.7 Å². The van der Waals surface area contributed by atoms with Gasteiger partial charge in [-0.1, -0.05) is 55.3 Å². The average Bonchev–Trinajstić information content (AvgIpc) is 3.37. The van der Waals surface area contributed by atoms with Crippen LogP contribution in [0.3, 0.4) is 0 Å². The molecule has 2 aromatic carbocycles. The van der Waals surface area contributed by atoms with Crippen molar-refractivity contribution in [3.05, 3.63) is 116 Å². The second kappa shape index (κ2) is 11.7. The Morgan fingerprint density at radius 1 is 1.02 bits per heavy atom. The van der Waals surface area contributed by atoms with Gasteiger partial charge in [0.05, 0.1) is 6.54 Å². The molecule has 0 saturated heterocycles. The maximum Gasteiger partial charge on any atom is 0.333 e. The summed E-state index contributed by atoms with van der Waals surface area (Å²) in [5, 5.41) is 0.185. The monoisotopic (exact) mass is 596 g/mol. The molecule has 0 aliphatic rings. The molecule has 0 spiro atoms. The third-order valence-corrected chi connectivity index (χ3v) is 8.11. The van der Waals surface area contributed by atoms with E-state index in [9.17, 15) is 22.4 Å². The molecule has 2 N–H and O–H groups in total. The molecular weight excluding hydrogens is 571 g/mol. The molecule has 0 unspecified atom stereocenters. The minimum absolute atomic E-state index is 0.0250. The standard InChI is InChI=1S/C28H26ClFN6O4S/c1-2-3-14-35-26-25(27(37)36(28(35)38)17-19-6-4-5-7-22(19)30)32-24(33-26)15-18-8-10-20(11-9-18)34-41(39,40)21-12-13-23(29)31-16-21/h4-13,16,34H,2-3,14-15,17H2,1H3,(H,32,33). The number of hydrogen-bond acceptors (Lipinski definition) is 6. The molecule has 13 heteroatoms. The zero-order valence-electron chi connectivity index (χ0n) is 22.0. The predicted octanol–water partition coefficient (Wildman–Crippen LogP) is 4.31. The number of unbranched alkanes of at least 4 members (excludes halogenated alkanes) is 1. The predicted molar refractivity (Wildman–Crippen MR) is 154 cm³/mol. The first-order chi connectivity index (χ1) is 19.7. The van der Waals surface area contributed by atoms with Crippen LogP contribution in [0.25, 0.3) is 11.2 Å². The highest BCUT2D eigenvalue weighted by atomic mass is 35.5. The summed E-state index contributed by atoms with van der Waals surface area (Å²) < 4.78 is 44.6. The maximum atomic E-state index is 14.3. The minimum Gasteiger partial charge on any atom is -0.336 e. The van der Waals surface area contributed by atoms with Gasteiger partial charge < -0.3 is 4.98 Å². The lowest BCUT2D eigenvalue weighted by atomic mass is 10.1. The van der Waals surface area contributed by atoms with Gasteiger partial charge in [0.15, 0.2) is 5.65 Å². The van der Waals surface area contributed by atoms with Crippen molar-refractivity contribution in [1.82, 2.24) is 24.1 Å². The number of pyridine rings is 1. The SMILES string of the molecule is CCCCn1c(=O)n(Cc2ccccc2F)c(=O)c2[nH]c(Cc3ccc(NS(=O)(=O)c4ccc(Cl)nc4)cc3)nc21. The number of fused-ring (bicyclic) bond motifs is 1. The minimum atomic E-state index is -3.85. The molecule has 0 fully saturated rings. The van der Waals surface area contributed by atoms with Crippen LogP contribution < -0.4 is 16.0 Å². The lowest BCUT2D eigenvalue weighted by Crippen LogP contribution is -2.40. The van der Waals surface area contributed by atoms with Crippen LogP contribution >= 0.6 is 11.6 Å².